The van der Waals surface area contributed by atoms with E-state index in [9.17, 15) is 9.90 Å². The van der Waals surface area contributed by atoms with E-state index in [1.54, 1.807) is 17.0 Å². The minimum Gasteiger partial charge on any atom is -0.397 e. The molecule has 0 spiro atoms. The van der Waals surface area contributed by atoms with E-state index in [-0.39, 0.29) is 12.0 Å². The van der Waals surface area contributed by atoms with Crippen molar-refractivity contribution in [2.45, 2.75) is 18.9 Å². The molecule has 1 fully saturated rings. The van der Waals surface area contributed by atoms with Gasteiger partial charge in [-0.05, 0) is 31.0 Å². The van der Waals surface area contributed by atoms with Crippen molar-refractivity contribution in [3.05, 3.63) is 23.8 Å². The molecule has 0 aliphatic carbocycles. The number of hydrogen-bond donors (Lipinski definition) is 2. The second-order valence-corrected chi connectivity index (χ2v) is 5.19. The van der Waals surface area contributed by atoms with Crippen LogP contribution >= 0.6 is 0 Å². The van der Waals surface area contributed by atoms with Gasteiger partial charge in [0.1, 0.15) is 0 Å². The Bertz CT molecular complexity index is 466. The van der Waals surface area contributed by atoms with E-state index in [4.69, 9.17) is 5.73 Å². The molecule has 19 heavy (non-hydrogen) atoms. The summed E-state index contributed by atoms with van der Waals surface area (Å²) in [6, 6.07) is 5.39. The van der Waals surface area contributed by atoms with Gasteiger partial charge in [0, 0.05) is 32.7 Å². The average Bonchev–Trinajstić information content (AvgIpc) is 2.38. The quantitative estimate of drug-likeness (QED) is 0.779. The lowest BCUT2D eigenvalue weighted by Gasteiger charge is -2.29. The normalized spacial score (nSPS) is 16.5. The first-order valence-corrected chi connectivity index (χ1v) is 6.53. The maximum absolute atomic E-state index is 12.3. The minimum absolute atomic E-state index is 0.0103. The van der Waals surface area contributed by atoms with Crippen molar-refractivity contribution in [2.24, 2.45) is 0 Å². The van der Waals surface area contributed by atoms with E-state index in [1.807, 2.05) is 25.1 Å². The number of piperidine rings is 1. The minimum atomic E-state index is -0.273. The molecule has 0 bridgehead atoms. The van der Waals surface area contributed by atoms with E-state index >= 15 is 0 Å². The number of rotatable bonds is 2. The van der Waals surface area contributed by atoms with Gasteiger partial charge in [-0.2, -0.15) is 0 Å². The van der Waals surface area contributed by atoms with Crippen LogP contribution in [0.1, 0.15) is 23.2 Å². The van der Waals surface area contributed by atoms with Crippen molar-refractivity contribution in [2.75, 3.05) is 37.8 Å². The molecule has 104 valence electrons. The third-order valence-electron chi connectivity index (χ3n) is 3.51. The van der Waals surface area contributed by atoms with Gasteiger partial charge < -0.3 is 20.6 Å². The zero-order chi connectivity index (χ0) is 14.0. The summed E-state index contributed by atoms with van der Waals surface area (Å²) in [4.78, 5) is 16.0. The highest BCUT2D eigenvalue weighted by atomic mass is 16.3. The molecular weight excluding hydrogens is 242 g/mol. The molecule has 0 atom stereocenters. The van der Waals surface area contributed by atoms with Crippen LogP contribution in [-0.2, 0) is 0 Å². The number of hydrogen-bond acceptors (Lipinski definition) is 4. The molecule has 2 rings (SSSR count). The van der Waals surface area contributed by atoms with Crippen LogP contribution < -0.4 is 10.6 Å². The fraction of sp³-hybridized carbons (Fsp3) is 0.500. The summed E-state index contributed by atoms with van der Waals surface area (Å²) in [6.45, 7) is 1.21. The number of benzene rings is 1. The molecule has 0 saturated carbocycles. The maximum atomic E-state index is 12.3. The number of likely N-dealkylation sites (tertiary alicyclic amines) is 1. The smallest absolute Gasteiger partial charge is 0.253 e. The number of nitrogens with two attached hydrogens (primary N) is 1. The summed E-state index contributed by atoms with van der Waals surface area (Å²) in [6.07, 6.45) is 1.03. The number of carbonyl (C=O) groups is 1. The van der Waals surface area contributed by atoms with Crippen molar-refractivity contribution in [1.82, 2.24) is 4.90 Å². The van der Waals surface area contributed by atoms with Gasteiger partial charge in [0.25, 0.3) is 5.91 Å². The summed E-state index contributed by atoms with van der Waals surface area (Å²) in [5.74, 6) is -0.0103. The van der Waals surface area contributed by atoms with Crippen molar-refractivity contribution < 1.29 is 9.90 Å². The first-order chi connectivity index (χ1) is 8.99. The predicted octanol–water partition coefficient (Wildman–Crippen LogP) is 0.932. The predicted molar refractivity (Wildman–Crippen MR) is 76.3 cm³/mol. The van der Waals surface area contributed by atoms with Crippen LogP contribution in [0.2, 0.25) is 0 Å². The van der Waals surface area contributed by atoms with Gasteiger partial charge in [-0.25, -0.2) is 0 Å². The monoisotopic (exact) mass is 263 g/mol. The SMILES string of the molecule is CN(C)c1ccc(C(=O)N2CCC(O)CC2)cc1N. The van der Waals surface area contributed by atoms with Crippen LogP contribution in [0.4, 0.5) is 11.4 Å². The zero-order valence-corrected chi connectivity index (χ0v) is 11.5. The molecule has 1 aliphatic heterocycles. The number of aliphatic hydroxyl groups is 1. The topological polar surface area (TPSA) is 69.8 Å². The standard InChI is InChI=1S/C14H21N3O2/c1-16(2)13-4-3-10(9-12(13)15)14(19)17-7-5-11(18)6-8-17/h3-4,9,11,18H,5-8,15H2,1-2H3. The first kappa shape index (κ1) is 13.7. The van der Waals surface area contributed by atoms with E-state index in [0.29, 0.717) is 37.2 Å². The summed E-state index contributed by atoms with van der Waals surface area (Å²) in [5.41, 5.74) is 8.08. The fourth-order valence-electron chi connectivity index (χ4n) is 2.35. The molecule has 5 heteroatoms. The molecule has 0 unspecified atom stereocenters. The molecule has 1 aromatic carbocycles. The van der Waals surface area contributed by atoms with Gasteiger partial charge in [0.2, 0.25) is 0 Å². The highest BCUT2D eigenvalue weighted by Crippen LogP contribution is 2.23. The third-order valence-corrected chi connectivity index (χ3v) is 3.51. The molecule has 1 aromatic rings. The Morgan fingerprint density at radius 3 is 2.53 bits per heavy atom. The molecule has 1 amide bonds. The van der Waals surface area contributed by atoms with Crippen LogP contribution in [0, 0.1) is 0 Å². The Balaban J connectivity index is 2.13. The molecule has 0 radical (unpaired) electrons. The summed E-state index contributed by atoms with van der Waals surface area (Å²) in [7, 11) is 3.83. The molecular formula is C14H21N3O2. The molecule has 1 aliphatic rings. The summed E-state index contributed by atoms with van der Waals surface area (Å²) in [5, 5.41) is 9.46. The summed E-state index contributed by atoms with van der Waals surface area (Å²) < 4.78 is 0. The van der Waals surface area contributed by atoms with E-state index < -0.39 is 0 Å². The van der Waals surface area contributed by atoms with E-state index in [1.165, 1.54) is 0 Å². The van der Waals surface area contributed by atoms with Crippen LogP contribution in [-0.4, -0.2) is 49.2 Å². The fourth-order valence-corrected chi connectivity index (χ4v) is 2.35. The molecule has 5 nitrogen and oxygen atoms in total. The van der Waals surface area contributed by atoms with Crippen molar-refractivity contribution in [3.8, 4) is 0 Å². The lowest BCUT2D eigenvalue weighted by atomic mass is 10.1. The maximum Gasteiger partial charge on any atom is 0.253 e. The van der Waals surface area contributed by atoms with Crippen molar-refractivity contribution in [1.29, 1.82) is 0 Å². The van der Waals surface area contributed by atoms with Crippen molar-refractivity contribution in [3.63, 3.8) is 0 Å². The van der Waals surface area contributed by atoms with Gasteiger partial charge in [0.05, 0.1) is 17.5 Å². The second-order valence-electron chi connectivity index (χ2n) is 5.19. The Kier molecular flexibility index (Phi) is 3.95. The second kappa shape index (κ2) is 5.48. The van der Waals surface area contributed by atoms with E-state index in [2.05, 4.69) is 0 Å². The lowest BCUT2D eigenvalue weighted by Crippen LogP contribution is -2.40. The number of anilines is 2. The zero-order valence-electron chi connectivity index (χ0n) is 11.5. The molecule has 0 aromatic heterocycles. The molecule has 1 heterocycles. The number of nitrogens with zero attached hydrogens (tertiary/aromatic N) is 2. The Hall–Kier alpha value is -1.75. The first-order valence-electron chi connectivity index (χ1n) is 6.53. The van der Waals surface area contributed by atoms with Gasteiger partial charge >= 0.3 is 0 Å². The highest BCUT2D eigenvalue weighted by Gasteiger charge is 2.22. The number of carbonyl (C=O) groups excluding carboxylic acids is 1. The van der Waals surface area contributed by atoms with Gasteiger partial charge in [-0.1, -0.05) is 0 Å². The van der Waals surface area contributed by atoms with Gasteiger partial charge in [-0.3, -0.25) is 4.79 Å². The summed E-state index contributed by atoms with van der Waals surface area (Å²) >= 11 is 0. The van der Waals surface area contributed by atoms with Crippen molar-refractivity contribution >= 4 is 17.3 Å². The van der Waals surface area contributed by atoms with Crippen LogP contribution in [0.5, 0.6) is 0 Å². The Morgan fingerprint density at radius 2 is 2.00 bits per heavy atom. The van der Waals surface area contributed by atoms with E-state index in [0.717, 1.165) is 5.69 Å². The number of aliphatic hydroxyl groups excluding tert-OH is 1. The Labute approximate surface area is 113 Å². The number of amides is 1. The molecule has 3 N–H and O–H groups in total. The number of nitrogen functional groups attached to an aromatic ring is 1. The molecule has 1 saturated heterocycles. The average molecular weight is 263 g/mol. The van der Waals surface area contributed by atoms with Crippen LogP contribution in [0.25, 0.3) is 0 Å². The highest BCUT2D eigenvalue weighted by molar-refractivity contribution is 5.96. The van der Waals surface area contributed by atoms with Crippen LogP contribution in [0.15, 0.2) is 18.2 Å². The van der Waals surface area contributed by atoms with Gasteiger partial charge in [0.15, 0.2) is 0 Å². The lowest BCUT2D eigenvalue weighted by molar-refractivity contribution is 0.0546. The Morgan fingerprint density at radius 1 is 1.37 bits per heavy atom. The van der Waals surface area contributed by atoms with Gasteiger partial charge in [-0.15, -0.1) is 0 Å². The third kappa shape index (κ3) is 2.98. The van der Waals surface area contributed by atoms with Crippen LogP contribution in [0.3, 0.4) is 0 Å². The largest absolute Gasteiger partial charge is 0.397 e.